The molecule has 1 unspecified atom stereocenters. The fourth-order valence-electron chi connectivity index (χ4n) is 2.51. The first kappa shape index (κ1) is 14.2. The molecule has 0 radical (unpaired) electrons. The second-order valence-corrected chi connectivity index (χ2v) is 5.80. The van der Waals surface area contributed by atoms with E-state index in [9.17, 15) is 4.39 Å². The second-order valence-electron chi connectivity index (χ2n) is 4.89. The number of halogens is 2. The van der Waals surface area contributed by atoms with Gasteiger partial charge in [0.05, 0.1) is 11.6 Å². The third-order valence-corrected chi connectivity index (χ3v) is 3.91. The third-order valence-electron chi connectivity index (χ3n) is 3.45. The van der Waals surface area contributed by atoms with E-state index in [1.54, 1.807) is 6.07 Å². The molecule has 0 spiro atoms. The molecule has 2 aromatic carbocycles. The highest BCUT2D eigenvalue weighted by atomic mass is 79.9. The lowest BCUT2D eigenvalue weighted by Crippen LogP contribution is -2.18. The number of benzene rings is 2. The Morgan fingerprint density at radius 1 is 1.10 bits per heavy atom. The van der Waals surface area contributed by atoms with E-state index in [1.807, 2.05) is 43.6 Å². The van der Waals surface area contributed by atoms with Crippen LogP contribution >= 0.6 is 15.9 Å². The van der Waals surface area contributed by atoms with Gasteiger partial charge in [-0.15, -0.1) is 0 Å². The number of para-hydroxylation sites is 1. The summed E-state index contributed by atoms with van der Waals surface area (Å²) in [5.41, 5.74) is 2.83. The SMILES string of the molecule is CNC(c1cc(F)cc(Br)c1)c1cnc2ccccc2c1. The van der Waals surface area contributed by atoms with E-state index in [4.69, 9.17) is 0 Å². The van der Waals surface area contributed by atoms with Gasteiger partial charge in [-0.3, -0.25) is 4.98 Å². The lowest BCUT2D eigenvalue weighted by atomic mass is 9.99. The Hall–Kier alpha value is -1.78. The zero-order valence-electron chi connectivity index (χ0n) is 11.5. The van der Waals surface area contributed by atoms with Crippen LogP contribution in [-0.2, 0) is 0 Å². The van der Waals surface area contributed by atoms with Crippen LogP contribution in [0.5, 0.6) is 0 Å². The molecular weight excluding hydrogens is 331 g/mol. The Bertz CT molecular complexity index is 768. The van der Waals surface area contributed by atoms with Crippen molar-refractivity contribution in [1.82, 2.24) is 10.3 Å². The Balaban J connectivity index is 2.08. The fraction of sp³-hybridized carbons (Fsp3) is 0.118. The molecule has 1 heterocycles. The highest BCUT2D eigenvalue weighted by molar-refractivity contribution is 9.10. The summed E-state index contributed by atoms with van der Waals surface area (Å²) in [7, 11) is 1.86. The number of nitrogens with one attached hydrogen (secondary N) is 1. The van der Waals surface area contributed by atoms with Gasteiger partial charge in [-0.2, -0.15) is 0 Å². The van der Waals surface area contributed by atoms with E-state index < -0.39 is 0 Å². The van der Waals surface area contributed by atoms with Crippen LogP contribution in [0.3, 0.4) is 0 Å². The molecule has 106 valence electrons. The first-order valence-electron chi connectivity index (χ1n) is 6.65. The maximum absolute atomic E-state index is 13.6. The summed E-state index contributed by atoms with van der Waals surface area (Å²) in [6, 6.07) is 14.9. The van der Waals surface area contributed by atoms with Crippen LogP contribution < -0.4 is 5.32 Å². The Morgan fingerprint density at radius 2 is 1.90 bits per heavy atom. The summed E-state index contributed by atoms with van der Waals surface area (Å²) in [6.45, 7) is 0. The first-order chi connectivity index (χ1) is 10.2. The average molecular weight is 345 g/mol. The van der Waals surface area contributed by atoms with E-state index in [2.05, 4.69) is 32.3 Å². The average Bonchev–Trinajstić information content (AvgIpc) is 2.47. The minimum Gasteiger partial charge on any atom is -0.309 e. The van der Waals surface area contributed by atoms with Gasteiger partial charge in [-0.1, -0.05) is 34.1 Å². The molecule has 0 aliphatic rings. The van der Waals surface area contributed by atoms with Crippen molar-refractivity contribution in [3.8, 4) is 0 Å². The van der Waals surface area contributed by atoms with Gasteiger partial charge in [0, 0.05) is 16.1 Å². The van der Waals surface area contributed by atoms with Gasteiger partial charge in [0.1, 0.15) is 5.82 Å². The van der Waals surface area contributed by atoms with Crippen LogP contribution in [0.25, 0.3) is 10.9 Å². The third kappa shape index (κ3) is 2.96. The van der Waals surface area contributed by atoms with Crippen molar-refractivity contribution < 1.29 is 4.39 Å². The van der Waals surface area contributed by atoms with Crippen molar-refractivity contribution in [2.45, 2.75) is 6.04 Å². The Morgan fingerprint density at radius 3 is 2.67 bits per heavy atom. The van der Waals surface area contributed by atoms with Gasteiger partial charge in [0.2, 0.25) is 0 Å². The van der Waals surface area contributed by atoms with Crippen molar-refractivity contribution in [3.05, 3.63) is 76.1 Å². The Kier molecular flexibility index (Phi) is 3.99. The summed E-state index contributed by atoms with van der Waals surface area (Å²) >= 11 is 3.34. The van der Waals surface area contributed by atoms with Crippen LogP contribution in [0.1, 0.15) is 17.2 Å². The molecule has 1 atom stereocenters. The van der Waals surface area contributed by atoms with E-state index in [1.165, 1.54) is 6.07 Å². The van der Waals surface area contributed by atoms with Gasteiger partial charge in [0.15, 0.2) is 0 Å². The standard InChI is InChI=1S/C17H14BrFN2/c1-20-17(12-7-14(18)9-15(19)8-12)13-6-11-4-2-3-5-16(11)21-10-13/h2-10,17,20H,1H3. The highest BCUT2D eigenvalue weighted by Crippen LogP contribution is 2.27. The van der Waals surface area contributed by atoms with E-state index in [0.717, 1.165) is 26.5 Å². The quantitative estimate of drug-likeness (QED) is 0.759. The zero-order chi connectivity index (χ0) is 14.8. The molecule has 0 aliphatic heterocycles. The minimum atomic E-state index is -0.256. The van der Waals surface area contributed by atoms with Gasteiger partial charge in [0.25, 0.3) is 0 Å². The second kappa shape index (κ2) is 5.92. The summed E-state index contributed by atoms with van der Waals surface area (Å²) in [5, 5.41) is 4.30. The number of hydrogen-bond acceptors (Lipinski definition) is 2. The number of aromatic nitrogens is 1. The molecule has 0 saturated heterocycles. The maximum atomic E-state index is 13.6. The fourth-order valence-corrected chi connectivity index (χ4v) is 3.00. The minimum absolute atomic E-state index is 0.103. The predicted molar refractivity (Wildman–Crippen MR) is 86.7 cm³/mol. The molecule has 1 N–H and O–H groups in total. The lowest BCUT2D eigenvalue weighted by Gasteiger charge is -2.18. The summed E-state index contributed by atoms with van der Waals surface area (Å²) in [5.74, 6) is -0.256. The molecule has 3 aromatic rings. The number of nitrogens with zero attached hydrogens (tertiary/aromatic N) is 1. The van der Waals surface area contributed by atoms with Gasteiger partial charge in [-0.05, 0) is 48.5 Å². The normalized spacial score (nSPS) is 12.5. The van der Waals surface area contributed by atoms with Gasteiger partial charge >= 0.3 is 0 Å². The molecule has 0 amide bonds. The smallest absolute Gasteiger partial charge is 0.124 e. The van der Waals surface area contributed by atoms with Crippen LogP contribution in [0.4, 0.5) is 4.39 Å². The molecule has 3 rings (SSSR count). The Labute approximate surface area is 131 Å². The molecule has 1 aromatic heterocycles. The molecule has 0 aliphatic carbocycles. The zero-order valence-corrected chi connectivity index (χ0v) is 13.1. The van der Waals surface area contributed by atoms with Gasteiger partial charge < -0.3 is 5.32 Å². The number of hydrogen-bond donors (Lipinski definition) is 1. The monoisotopic (exact) mass is 344 g/mol. The highest BCUT2D eigenvalue weighted by Gasteiger charge is 2.14. The summed E-state index contributed by atoms with van der Waals surface area (Å²) in [6.07, 6.45) is 1.84. The predicted octanol–water partition coefficient (Wildman–Crippen LogP) is 4.45. The topological polar surface area (TPSA) is 24.9 Å². The number of fused-ring (bicyclic) bond motifs is 1. The molecule has 0 fully saturated rings. The number of rotatable bonds is 3. The van der Waals surface area contributed by atoms with Crippen molar-refractivity contribution in [1.29, 1.82) is 0 Å². The van der Waals surface area contributed by atoms with Crippen LogP contribution in [0.15, 0.2) is 59.2 Å². The van der Waals surface area contributed by atoms with Crippen molar-refractivity contribution in [2.75, 3.05) is 7.05 Å². The van der Waals surface area contributed by atoms with E-state index in [-0.39, 0.29) is 11.9 Å². The van der Waals surface area contributed by atoms with E-state index >= 15 is 0 Å². The van der Waals surface area contributed by atoms with E-state index in [0.29, 0.717) is 0 Å². The van der Waals surface area contributed by atoms with Crippen LogP contribution in [-0.4, -0.2) is 12.0 Å². The van der Waals surface area contributed by atoms with Crippen LogP contribution in [0.2, 0.25) is 0 Å². The van der Waals surface area contributed by atoms with Crippen molar-refractivity contribution in [3.63, 3.8) is 0 Å². The van der Waals surface area contributed by atoms with Crippen molar-refractivity contribution >= 4 is 26.8 Å². The summed E-state index contributed by atoms with van der Waals surface area (Å²) < 4.78 is 14.3. The number of pyridine rings is 1. The molecule has 4 heteroatoms. The molecule has 21 heavy (non-hydrogen) atoms. The molecule has 2 nitrogen and oxygen atoms in total. The maximum Gasteiger partial charge on any atom is 0.124 e. The van der Waals surface area contributed by atoms with Crippen LogP contribution in [0, 0.1) is 5.82 Å². The van der Waals surface area contributed by atoms with Crippen molar-refractivity contribution in [2.24, 2.45) is 0 Å². The van der Waals surface area contributed by atoms with Gasteiger partial charge in [-0.25, -0.2) is 4.39 Å². The largest absolute Gasteiger partial charge is 0.309 e. The lowest BCUT2D eigenvalue weighted by molar-refractivity contribution is 0.615. The summed E-state index contributed by atoms with van der Waals surface area (Å²) in [4.78, 5) is 4.47. The first-order valence-corrected chi connectivity index (χ1v) is 7.44. The molecule has 0 bridgehead atoms. The molecule has 0 saturated carbocycles. The molecular formula is C17H14BrFN2.